The SMILES string of the molecule is COc1cc(Cl)ccc1OC1(C)CCN(Cc2ccc3ccccc3c2)C1. The van der Waals surface area contributed by atoms with Crippen molar-refractivity contribution in [3.05, 3.63) is 71.2 Å². The average Bonchev–Trinajstić information content (AvgIpc) is 3.03. The van der Waals surface area contributed by atoms with E-state index in [-0.39, 0.29) is 5.60 Å². The molecule has 0 aromatic heterocycles. The molecule has 0 aliphatic carbocycles. The van der Waals surface area contributed by atoms with Crippen LogP contribution in [0.15, 0.2) is 60.7 Å². The van der Waals surface area contributed by atoms with Crippen LogP contribution in [-0.4, -0.2) is 30.7 Å². The topological polar surface area (TPSA) is 21.7 Å². The summed E-state index contributed by atoms with van der Waals surface area (Å²) in [6.45, 7) is 4.99. The highest BCUT2D eigenvalue weighted by Gasteiger charge is 2.36. The lowest BCUT2D eigenvalue weighted by molar-refractivity contribution is 0.0912. The Balaban J connectivity index is 1.45. The molecule has 4 rings (SSSR count). The monoisotopic (exact) mass is 381 g/mol. The van der Waals surface area contributed by atoms with Crippen molar-refractivity contribution in [2.75, 3.05) is 20.2 Å². The van der Waals surface area contributed by atoms with Gasteiger partial charge in [0.1, 0.15) is 5.60 Å². The molecule has 3 nitrogen and oxygen atoms in total. The van der Waals surface area contributed by atoms with E-state index in [1.165, 1.54) is 16.3 Å². The van der Waals surface area contributed by atoms with E-state index in [9.17, 15) is 0 Å². The summed E-state index contributed by atoms with van der Waals surface area (Å²) in [5.41, 5.74) is 1.10. The van der Waals surface area contributed by atoms with Crippen molar-refractivity contribution in [1.29, 1.82) is 0 Å². The van der Waals surface area contributed by atoms with E-state index in [1.807, 2.05) is 12.1 Å². The fourth-order valence-corrected chi connectivity index (χ4v) is 3.99. The number of methoxy groups -OCH3 is 1. The summed E-state index contributed by atoms with van der Waals surface area (Å²) in [5.74, 6) is 1.42. The number of nitrogens with zero attached hydrogens (tertiary/aromatic N) is 1. The van der Waals surface area contributed by atoms with Crippen molar-refractivity contribution in [2.24, 2.45) is 0 Å². The second kappa shape index (κ2) is 7.41. The van der Waals surface area contributed by atoms with Gasteiger partial charge in [-0.25, -0.2) is 0 Å². The Hall–Kier alpha value is -2.23. The number of hydrogen-bond donors (Lipinski definition) is 0. The van der Waals surface area contributed by atoms with Crippen LogP contribution in [0.2, 0.25) is 5.02 Å². The first-order chi connectivity index (χ1) is 13.0. The van der Waals surface area contributed by atoms with Crippen molar-refractivity contribution in [3.63, 3.8) is 0 Å². The predicted octanol–water partition coefficient (Wildman–Crippen LogP) is 5.55. The summed E-state index contributed by atoms with van der Waals surface area (Å²) >= 11 is 6.06. The smallest absolute Gasteiger partial charge is 0.162 e. The molecule has 3 aromatic carbocycles. The first kappa shape index (κ1) is 18.1. The van der Waals surface area contributed by atoms with Crippen molar-refractivity contribution in [1.82, 2.24) is 4.90 Å². The number of rotatable bonds is 5. The van der Waals surface area contributed by atoms with Gasteiger partial charge in [-0.1, -0.05) is 48.0 Å². The van der Waals surface area contributed by atoms with Crippen LogP contribution in [0, 0.1) is 0 Å². The van der Waals surface area contributed by atoms with Crippen molar-refractivity contribution >= 4 is 22.4 Å². The van der Waals surface area contributed by atoms with Gasteiger partial charge >= 0.3 is 0 Å². The molecule has 140 valence electrons. The van der Waals surface area contributed by atoms with Gasteiger partial charge in [0.05, 0.1) is 7.11 Å². The predicted molar refractivity (Wildman–Crippen MR) is 111 cm³/mol. The van der Waals surface area contributed by atoms with E-state index < -0.39 is 0 Å². The maximum Gasteiger partial charge on any atom is 0.162 e. The van der Waals surface area contributed by atoms with Crippen LogP contribution in [0.5, 0.6) is 11.5 Å². The van der Waals surface area contributed by atoms with Crippen LogP contribution in [0.25, 0.3) is 10.8 Å². The van der Waals surface area contributed by atoms with Gasteiger partial charge in [0.25, 0.3) is 0 Å². The highest BCUT2D eigenvalue weighted by atomic mass is 35.5. The normalized spacial score (nSPS) is 20.1. The summed E-state index contributed by atoms with van der Waals surface area (Å²) in [4.78, 5) is 2.45. The van der Waals surface area contributed by atoms with Crippen molar-refractivity contribution < 1.29 is 9.47 Å². The molecule has 0 spiro atoms. The van der Waals surface area contributed by atoms with Gasteiger partial charge in [-0.2, -0.15) is 0 Å². The molecule has 0 radical (unpaired) electrons. The van der Waals surface area contributed by atoms with E-state index in [0.717, 1.165) is 31.8 Å². The molecular formula is C23H24ClNO2. The van der Waals surface area contributed by atoms with Gasteiger partial charge in [0, 0.05) is 37.1 Å². The summed E-state index contributed by atoms with van der Waals surface area (Å²) in [6, 6.07) is 20.7. The number of fused-ring (bicyclic) bond motifs is 1. The summed E-state index contributed by atoms with van der Waals surface area (Å²) < 4.78 is 11.8. The molecule has 1 unspecified atom stereocenters. The Bertz CT molecular complexity index is 958. The van der Waals surface area contributed by atoms with Crippen LogP contribution in [0.1, 0.15) is 18.9 Å². The van der Waals surface area contributed by atoms with Crippen molar-refractivity contribution in [2.45, 2.75) is 25.5 Å². The van der Waals surface area contributed by atoms with Crippen LogP contribution in [0.4, 0.5) is 0 Å². The van der Waals surface area contributed by atoms with Crippen LogP contribution < -0.4 is 9.47 Å². The van der Waals surface area contributed by atoms with Gasteiger partial charge in [-0.3, -0.25) is 4.90 Å². The Kier molecular flexibility index (Phi) is 4.98. The molecule has 0 N–H and O–H groups in total. The van der Waals surface area contributed by atoms with E-state index in [0.29, 0.717) is 10.8 Å². The minimum Gasteiger partial charge on any atom is -0.493 e. The lowest BCUT2D eigenvalue weighted by Gasteiger charge is -2.27. The first-order valence-electron chi connectivity index (χ1n) is 9.27. The molecule has 0 bridgehead atoms. The Morgan fingerprint density at radius 1 is 1.00 bits per heavy atom. The van der Waals surface area contributed by atoms with Crippen molar-refractivity contribution in [3.8, 4) is 11.5 Å². The lowest BCUT2D eigenvalue weighted by Crippen LogP contribution is -2.36. The quantitative estimate of drug-likeness (QED) is 0.578. The van der Waals surface area contributed by atoms with Gasteiger partial charge in [-0.15, -0.1) is 0 Å². The Morgan fingerprint density at radius 3 is 2.63 bits per heavy atom. The van der Waals surface area contributed by atoms with Crippen LogP contribution in [-0.2, 0) is 6.54 Å². The zero-order valence-electron chi connectivity index (χ0n) is 15.7. The van der Waals surface area contributed by atoms with Gasteiger partial charge in [0.15, 0.2) is 11.5 Å². The number of halogens is 1. The zero-order chi connectivity index (χ0) is 18.9. The molecule has 1 heterocycles. The number of ether oxygens (including phenoxy) is 2. The number of benzene rings is 3. The summed E-state index contributed by atoms with van der Waals surface area (Å²) in [6.07, 6.45) is 0.979. The maximum absolute atomic E-state index is 6.35. The highest BCUT2D eigenvalue weighted by Crippen LogP contribution is 2.36. The summed E-state index contributed by atoms with van der Waals surface area (Å²) in [5, 5.41) is 3.22. The third-order valence-electron chi connectivity index (χ3n) is 5.22. The standard InChI is InChI=1S/C23H24ClNO2/c1-23(27-21-10-9-20(24)14-22(21)26-2)11-12-25(16-23)15-17-7-8-18-5-3-4-6-19(18)13-17/h3-10,13-14H,11-12,15-16H2,1-2H3. The Labute approximate surface area is 165 Å². The Morgan fingerprint density at radius 2 is 1.81 bits per heavy atom. The highest BCUT2D eigenvalue weighted by molar-refractivity contribution is 6.30. The first-order valence-corrected chi connectivity index (χ1v) is 9.65. The van der Waals surface area contributed by atoms with Gasteiger partial charge in [-0.05, 0) is 41.5 Å². The largest absolute Gasteiger partial charge is 0.493 e. The summed E-state index contributed by atoms with van der Waals surface area (Å²) in [7, 11) is 1.64. The third kappa shape index (κ3) is 4.05. The molecule has 27 heavy (non-hydrogen) atoms. The minimum absolute atomic E-state index is 0.238. The van der Waals surface area contributed by atoms with E-state index in [2.05, 4.69) is 54.3 Å². The molecular weight excluding hydrogens is 358 g/mol. The maximum atomic E-state index is 6.35. The van der Waals surface area contributed by atoms with E-state index >= 15 is 0 Å². The molecule has 4 heteroatoms. The van der Waals surface area contributed by atoms with Gasteiger partial charge < -0.3 is 9.47 Å². The van der Waals surface area contributed by atoms with E-state index in [4.69, 9.17) is 21.1 Å². The third-order valence-corrected chi connectivity index (χ3v) is 5.45. The average molecular weight is 382 g/mol. The van der Waals surface area contributed by atoms with Gasteiger partial charge in [0.2, 0.25) is 0 Å². The number of hydrogen-bond acceptors (Lipinski definition) is 3. The number of likely N-dealkylation sites (tertiary alicyclic amines) is 1. The molecule has 0 saturated carbocycles. The molecule has 1 aliphatic rings. The van der Waals surface area contributed by atoms with Crippen LogP contribution >= 0.6 is 11.6 Å². The fourth-order valence-electron chi connectivity index (χ4n) is 3.83. The zero-order valence-corrected chi connectivity index (χ0v) is 16.5. The second-order valence-electron chi connectivity index (χ2n) is 7.49. The second-order valence-corrected chi connectivity index (χ2v) is 7.93. The minimum atomic E-state index is -0.238. The van der Waals surface area contributed by atoms with E-state index in [1.54, 1.807) is 13.2 Å². The molecule has 3 aromatic rings. The molecule has 1 atom stereocenters. The fraction of sp³-hybridized carbons (Fsp3) is 0.304. The van der Waals surface area contributed by atoms with Crippen LogP contribution in [0.3, 0.4) is 0 Å². The molecule has 1 fully saturated rings. The molecule has 0 amide bonds. The molecule has 1 aliphatic heterocycles. The lowest BCUT2D eigenvalue weighted by atomic mass is 10.1. The molecule has 1 saturated heterocycles.